The van der Waals surface area contributed by atoms with Crippen LogP contribution in [-0.4, -0.2) is 22.2 Å². The van der Waals surface area contributed by atoms with Crippen LogP contribution in [0.5, 0.6) is 0 Å². The Balaban J connectivity index is 1.44. The lowest BCUT2D eigenvalue weighted by molar-refractivity contribution is 0.0953. The van der Waals surface area contributed by atoms with Gasteiger partial charge in [-0.1, -0.05) is 36.4 Å². The molecule has 0 unspecified atom stereocenters. The van der Waals surface area contributed by atoms with Gasteiger partial charge < -0.3 is 5.32 Å². The van der Waals surface area contributed by atoms with Gasteiger partial charge in [-0.25, -0.2) is 0 Å². The van der Waals surface area contributed by atoms with Gasteiger partial charge in [-0.05, 0) is 48.1 Å². The van der Waals surface area contributed by atoms with Crippen LogP contribution in [0, 0.1) is 0 Å². The predicted molar refractivity (Wildman–Crippen MR) is 95.2 cm³/mol. The van der Waals surface area contributed by atoms with E-state index in [1.807, 2.05) is 48.7 Å². The second-order valence-corrected chi connectivity index (χ2v) is 6.33. The third-order valence-corrected chi connectivity index (χ3v) is 4.79. The van der Waals surface area contributed by atoms with Crippen LogP contribution in [0.2, 0.25) is 0 Å². The second kappa shape index (κ2) is 6.48. The molecule has 1 aromatic heterocycles. The summed E-state index contributed by atoms with van der Waals surface area (Å²) in [7, 11) is 0. The molecule has 122 valence electrons. The number of carbonyl (C=O) groups excluding carboxylic acids is 1. The Labute approximate surface area is 141 Å². The molecule has 4 rings (SSSR count). The Morgan fingerprint density at radius 1 is 1.08 bits per heavy atom. The maximum absolute atomic E-state index is 12.5. The first kappa shape index (κ1) is 14.9. The first-order valence-corrected chi connectivity index (χ1v) is 8.62. The summed E-state index contributed by atoms with van der Waals surface area (Å²) in [6.07, 6.45) is 6.73. The van der Waals surface area contributed by atoms with E-state index in [0.717, 1.165) is 35.7 Å². The summed E-state index contributed by atoms with van der Waals surface area (Å²) >= 11 is 0. The number of fused-ring (bicyclic) bond motifs is 2. The number of aromatic nitrogens is 2. The van der Waals surface area contributed by atoms with Crippen molar-refractivity contribution in [2.24, 2.45) is 0 Å². The molecule has 0 atom stereocenters. The largest absolute Gasteiger partial charge is 0.350 e. The van der Waals surface area contributed by atoms with E-state index in [-0.39, 0.29) is 5.91 Å². The van der Waals surface area contributed by atoms with Gasteiger partial charge in [0, 0.05) is 17.8 Å². The summed E-state index contributed by atoms with van der Waals surface area (Å²) < 4.78 is 2.05. The highest BCUT2D eigenvalue weighted by Crippen LogP contribution is 2.20. The fraction of sp³-hybridized carbons (Fsp3) is 0.300. The summed E-state index contributed by atoms with van der Waals surface area (Å²) in [6.45, 7) is 1.32. The lowest BCUT2D eigenvalue weighted by Gasteiger charge is -2.14. The monoisotopic (exact) mass is 319 g/mol. The van der Waals surface area contributed by atoms with E-state index in [0.29, 0.717) is 6.54 Å². The van der Waals surface area contributed by atoms with Gasteiger partial charge >= 0.3 is 0 Å². The molecule has 1 heterocycles. The number of nitrogens with one attached hydrogen (secondary N) is 1. The molecule has 4 heteroatoms. The second-order valence-electron chi connectivity index (χ2n) is 6.33. The molecule has 0 saturated carbocycles. The molecule has 3 aromatic rings. The number of rotatable bonds is 4. The number of hydrogen-bond donors (Lipinski definition) is 1. The minimum atomic E-state index is -0.0205. The fourth-order valence-electron chi connectivity index (χ4n) is 3.54. The summed E-state index contributed by atoms with van der Waals surface area (Å²) in [5, 5.41) is 9.60. The maximum Gasteiger partial charge on any atom is 0.251 e. The zero-order chi connectivity index (χ0) is 16.4. The van der Waals surface area contributed by atoms with E-state index >= 15 is 0 Å². The van der Waals surface area contributed by atoms with E-state index in [4.69, 9.17) is 0 Å². The Morgan fingerprint density at radius 2 is 1.92 bits per heavy atom. The number of hydrogen-bond acceptors (Lipinski definition) is 2. The van der Waals surface area contributed by atoms with Gasteiger partial charge in [0.25, 0.3) is 5.91 Å². The van der Waals surface area contributed by atoms with Gasteiger partial charge in [-0.3, -0.25) is 9.48 Å². The molecular weight excluding hydrogens is 298 g/mol. The van der Waals surface area contributed by atoms with Crippen molar-refractivity contribution < 1.29 is 4.79 Å². The number of benzene rings is 2. The van der Waals surface area contributed by atoms with Crippen LogP contribution in [0.1, 0.15) is 34.5 Å². The molecule has 4 nitrogen and oxygen atoms in total. The molecule has 1 aliphatic rings. The molecule has 1 N–H and O–H groups in total. The van der Waals surface area contributed by atoms with Crippen molar-refractivity contribution in [2.45, 2.75) is 32.2 Å². The first-order valence-electron chi connectivity index (χ1n) is 8.62. The van der Waals surface area contributed by atoms with Gasteiger partial charge in [-0.2, -0.15) is 5.10 Å². The Hall–Kier alpha value is -2.62. The number of amides is 1. The van der Waals surface area contributed by atoms with Crippen molar-refractivity contribution in [3.05, 3.63) is 65.5 Å². The molecule has 0 fully saturated rings. The zero-order valence-corrected chi connectivity index (χ0v) is 13.7. The molecule has 0 aliphatic heterocycles. The number of nitrogens with zero attached hydrogens (tertiary/aromatic N) is 2. The highest BCUT2D eigenvalue weighted by Gasteiger charge is 2.15. The Morgan fingerprint density at radius 3 is 2.88 bits per heavy atom. The van der Waals surface area contributed by atoms with Crippen LogP contribution in [-0.2, 0) is 19.4 Å². The Bertz CT molecular complexity index is 876. The molecular formula is C20H21N3O. The van der Waals surface area contributed by atoms with Crippen LogP contribution < -0.4 is 5.32 Å². The van der Waals surface area contributed by atoms with Crippen LogP contribution in [0.15, 0.2) is 48.7 Å². The van der Waals surface area contributed by atoms with E-state index < -0.39 is 0 Å². The summed E-state index contributed by atoms with van der Waals surface area (Å²) in [5.41, 5.74) is 3.46. The molecule has 1 amide bonds. The van der Waals surface area contributed by atoms with E-state index in [2.05, 4.69) is 15.1 Å². The van der Waals surface area contributed by atoms with E-state index in [1.54, 1.807) is 0 Å². The zero-order valence-electron chi connectivity index (χ0n) is 13.7. The van der Waals surface area contributed by atoms with Crippen molar-refractivity contribution in [2.75, 3.05) is 6.54 Å². The highest BCUT2D eigenvalue weighted by molar-refractivity contribution is 6.06. The topological polar surface area (TPSA) is 46.9 Å². The molecule has 1 aliphatic carbocycles. The third kappa shape index (κ3) is 2.80. The molecule has 2 aromatic carbocycles. The van der Waals surface area contributed by atoms with Crippen LogP contribution >= 0.6 is 0 Å². The van der Waals surface area contributed by atoms with Gasteiger partial charge in [0.2, 0.25) is 0 Å². The maximum atomic E-state index is 12.5. The number of aryl methyl sites for hydroxylation is 1. The van der Waals surface area contributed by atoms with E-state index in [9.17, 15) is 4.79 Å². The third-order valence-electron chi connectivity index (χ3n) is 4.79. The van der Waals surface area contributed by atoms with Crippen molar-refractivity contribution >= 4 is 16.7 Å². The molecule has 24 heavy (non-hydrogen) atoms. The van der Waals surface area contributed by atoms with Gasteiger partial charge in [0.1, 0.15) is 0 Å². The van der Waals surface area contributed by atoms with E-state index in [1.165, 1.54) is 24.1 Å². The molecule has 0 spiro atoms. The van der Waals surface area contributed by atoms with Gasteiger partial charge in [-0.15, -0.1) is 0 Å². The van der Waals surface area contributed by atoms with Gasteiger partial charge in [0.15, 0.2) is 0 Å². The van der Waals surface area contributed by atoms with Crippen molar-refractivity contribution in [1.82, 2.24) is 15.1 Å². The lowest BCUT2D eigenvalue weighted by atomic mass is 9.98. The SMILES string of the molecule is O=C(NCCn1ncc2c1CCCC2)c1cccc2ccccc12. The van der Waals surface area contributed by atoms with Crippen LogP contribution in [0.25, 0.3) is 10.8 Å². The normalized spacial score (nSPS) is 13.7. The smallest absolute Gasteiger partial charge is 0.251 e. The fourth-order valence-corrected chi connectivity index (χ4v) is 3.54. The van der Waals surface area contributed by atoms with Crippen molar-refractivity contribution in [1.29, 1.82) is 0 Å². The van der Waals surface area contributed by atoms with Crippen LogP contribution in [0.3, 0.4) is 0 Å². The minimum Gasteiger partial charge on any atom is -0.350 e. The lowest BCUT2D eigenvalue weighted by Crippen LogP contribution is -2.28. The van der Waals surface area contributed by atoms with Crippen LogP contribution in [0.4, 0.5) is 0 Å². The van der Waals surface area contributed by atoms with Crippen molar-refractivity contribution in [3.63, 3.8) is 0 Å². The highest BCUT2D eigenvalue weighted by atomic mass is 16.1. The summed E-state index contributed by atoms with van der Waals surface area (Å²) in [4.78, 5) is 12.5. The Kier molecular flexibility index (Phi) is 4.03. The molecule has 0 radical (unpaired) electrons. The predicted octanol–water partition coefficient (Wildman–Crippen LogP) is 3.35. The van der Waals surface area contributed by atoms with Gasteiger partial charge in [0.05, 0.1) is 12.7 Å². The quantitative estimate of drug-likeness (QED) is 0.801. The summed E-state index contributed by atoms with van der Waals surface area (Å²) in [5.74, 6) is -0.0205. The average molecular weight is 319 g/mol. The average Bonchev–Trinajstić information content (AvgIpc) is 3.04. The standard InChI is InChI=1S/C20H21N3O/c24-20(18-10-5-8-15-6-1-3-9-17(15)18)21-12-13-23-19-11-4-2-7-16(19)14-22-23/h1,3,5-6,8-10,14H,2,4,7,11-13H2,(H,21,24). The number of carbonyl (C=O) groups is 1. The minimum absolute atomic E-state index is 0.0205. The summed E-state index contributed by atoms with van der Waals surface area (Å²) in [6, 6.07) is 13.8. The van der Waals surface area contributed by atoms with Crippen molar-refractivity contribution in [3.8, 4) is 0 Å². The molecule has 0 bridgehead atoms. The first-order chi connectivity index (χ1) is 11.8. The molecule has 0 saturated heterocycles.